The second-order valence-corrected chi connectivity index (χ2v) is 12.3. The van der Waals surface area contributed by atoms with Crippen LogP contribution in [0.2, 0.25) is 0 Å². The molecule has 5 heteroatoms. The lowest BCUT2D eigenvalue weighted by Crippen LogP contribution is -2.37. The van der Waals surface area contributed by atoms with Crippen LogP contribution in [0.15, 0.2) is 188 Å². The van der Waals surface area contributed by atoms with Crippen molar-refractivity contribution in [3.8, 4) is 34.2 Å². The van der Waals surface area contributed by atoms with Crippen molar-refractivity contribution in [2.24, 2.45) is 0 Å². The minimum Gasteiger partial charge on any atom is -0.310 e. The summed E-state index contributed by atoms with van der Waals surface area (Å²) in [6.07, 6.45) is 3.57. The Labute approximate surface area is 291 Å². The third-order valence-electron chi connectivity index (χ3n) is 9.48. The predicted molar refractivity (Wildman–Crippen MR) is 200 cm³/mol. The van der Waals surface area contributed by atoms with Gasteiger partial charge in [0, 0.05) is 23.6 Å². The summed E-state index contributed by atoms with van der Waals surface area (Å²) < 4.78 is 0. The first-order chi connectivity index (χ1) is 24.8. The summed E-state index contributed by atoms with van der Waals surface area (Å²) in [6, 6.07) is 61.5. The summed E-state index contributed by atoms with van der Waals surface area (Å²) in [5, 5.41) is 0. The Morgan fingerprint density at radius 3 is 1.34 bits per heavy atom. The third kappa shape index (κ3) is 4.87. The molecule has 0 bridgehead atoms. The topological polar surface area (TPSA) is 54.8 Å². The van der Waals surface area contributed by atoms with Gasteiger partial charge in [-0.15, -0.1) is 0 Å². The van der Waals surface area contributed by atoms with Gasteiger partial charge in [-0.3, -0.25) is 9.97 Å². The number of fused-ring (bicyclic) bond motifs is 2. The monoisotopic (exact) mass is 641 g/mol. The molecule has 0 spiro atoms. The number of hydrogen-bond acceptors (Lipinski definition) is 5. The molecule has 0 atom stereocenters. The lowest BCUT2D eigenvalue weighted by Gasteiger charge is -2.46. The zero-order valence-electron chi connectivity index (χ0n) is 27.1. The van der Waals surface area contributed by atoms with E-state index in [1.807, 2.05) is 42.5 Å². The van der Waals surface area contributed by atoms with E-state index in [1.54, 1.807) is 12.4 Å². The van der Waals surface area contributed by atoms with Gasteiger partial charge in [0.25, 0.3) is 0 Å². The van der Waals surface area contributed by atoms with Gasteiger partial charge in [0.15, 0.2) is 5.82 Å². The number of anilines is 3. The van der Waals surface area contributed by atoms with Crippen molar-refractivity contribution in [1.82, 2.24) is 19.9 Å². The van der Waals surface area contributed by atoms with E-state index < -0.39 is 5.41 Å². The molecule has 0 amide bonds. The maximum atomic E-state index is 4.98. The first kappa shape index (κ1) is 29.4. The molecule has 0 aliphatic carbocycles. The Balaban J connectivity index is 1.20. The lowest BCUT2D eigenvalue weighted by molar-refractivity contribution is 0.731. The van der Waals surface area contributed by atoms with Gasteiger partial charge in [-0.1, -0.05) is 109 Å². The number of nitrogens with zero attached hydrogens (tertiary/aromatic N) is 5. The lowest BCUT2D eigenvalue weighted by atomic mass is 9.62. The van der Waals surface area contributed by atoms with Crippen molar-refractivity contribution in [3.05, 3.63) is 211 Å². The standard InChI is InChI=1S/C45H31N5/c1-3-15-33(16-4-1)45(34-17-5-2-6-18-34)36-19-7-9-23-42(36)50(43-24-10-8-20-37(43)45)35-27-25-32(26-28-35)44-48-40(38-21-11-13-29-46-38)31-41(49-44)39-22-12-14-30-47-39/h1-31H. The largest absolute Gasteiger partial charge is 0.310 e. The smallest absolute Gasteiger partial charge is 0.160 e. The van der Waals surface area contributed by atoms with Crippen LogP contribution in [0.1, 0.15) is 22.3 Å². The number of rotatable bonds is 6. The number of aromatic nitrogens is 4. The quantitative estimate of drug-likeness (QED) is 0.181. The van der Waals surface area contributed by atoms with Crippen molar-refractivity contribution < 1.29 is 0 Å². The fourth-order valence-corrected chi connectivity index (χ4v) is 7.32. The van der Waals surface area contributed by atoms with Crippen LogP contribution in [0, 0.1) is 0 Å². The van der Waals surface area contributed by atoms with Crippen molar-refractivity contribution in [3.63, 3.8) is 0 Å². The molecule has 50 heavy (non-hydrogen) atoms. The van der Waals surface area contributed by atoms with E-state index in [0.29, 0.717) is 5.82 Å². The minimum absolute atomic E-state index is 0.506. The molecule has 0 saturated heterocycles. The Morgan fingerprint density at radius 2 is 0.860 bits per heavy atom. The zero-order valence-corrected chi connectivity index (χ0v) is 27.1. The van der Waals surface area contributed by atoms with E-state index in [4.69, 9.17) is 9.97 Å². The molecule has 5 aromatic carbocycles. The molecule has 0 N–H and O–H groups in total. The molecule has 1 aliphatic heterocycles. The van der Waals surface area contributed by atoms with Crippen molar-refractivity contribution in [1.29, 1.82) is 0 Å². The molecule has 8 aromatic rings. The molecule has 0 unspecified atom stereocenters. The second-order valence-electron chi connectivity index (χ2n) is 12.3. The van der Waals surface area contributed by atoms with Crippen LogP contribution in [0.25, 0.3) is 34.2 Å². The van der Waals surface area contributed by atoms with E-state index in [0.717, 1.165) is 45.4 Å². The molecule has 0 saturated carbocycles. The van der Waals surface area contributed by atoms with Crippen LogP contribution in [-0.2, 0) is 5.41 Å². The number of pyridine rings is 2. The Hall–Kier alpha value is -6.72. The van der Waals surface area contributed by atoms with Crippen LogP contribution >= 0.6 is 0 Å². The van der Waals surface area contributed by atoms with Crippen LogP contribution in [-0.4, -0.2) is 19.9 Å². The van der Waals surface area contributed by atoms with Gasteiger partial charge in [-0.05, 0) is 89.0 Å². The van der Waals surface area contributed by atoms with Gasteiger partial charge in [0.1, 0.15) is 0 Å². The molecule has 0 fully saturated rings. The van der Waals surface area contributed by atoms with Gasteiger partial charge >= 0.3 is 0 Å². The highest BCUT2D eigenvalue weighted by Crippen LogP contribution is 2.57. The molecular weight excluding hydrogens is 611 g/mol. The highest BCUT2D eigenvalue weighted by Gasteiger charge is 2.46. The first-order valence-electron chi connectivity index (χ1n) is 16.7. The summed E-state index contributed by atoms with van der Waals surface area (Å²) in [6.45, 7) is 0. The minimum atomic E-state index is -0.506. The van der Waals surface area contributed by atoms with Crippen LogP contribution in [0.3, 0.4) is 0 Å². The average Bonchev–Trinajstić information content (AvgIpc) is 3.21. The SMILES string of the molecule is c1ccc(C2(c3ccccc3)c3ccccc3N(c3ccc(-c4nc(-c5ccccn5)cc(-c5ccccn5)n4)cc3)c3ccccc32)cc1. The Kier molecular flexibility index (Phi) is 7.29. The summed E-state index contributed by atoms with van der Waals surface area (Å²) >= 11 is 0. The fraction of sp³-hybridized carbons (Fsp3) is 0.0222. The molecule has 0 radical (unpaired) electrons. The van der Waals surface area contributed by atoms with Gasteiger partial charge in [0.2, 0.25) is 0 Å². The molecular formula is C45H31N5. The fourth-order valence-electron chi connectivity index (χ4n) is 7.32. The van der Waals surface area contributed by atoms with Crippen LogP contribution in [0.5, 0.6) is 0 Å². The van der Waals surface area contributed by atoms with E-state index in [1.165, 1.54) is 22.3 Å². The van der Waals surface area contributed by atoms with Crippen LogP contribution < -0.4 is 4.90 Å². The van der Waals surface area contributed by atoms with Gasteiger partial charge in [-0.25, -0.2) is 9.97 Å². The molecule has 1 aliphatic rings. The maximum Gasteiger partial charge on any atom is 0.160 e. The van der Waals surface area contributed by atoms with Crippen molar-refractivity contribution in [2.75, 3.05) is 4.90 Å². The Morgan fingerprint density at radius 1 is 0.400 bits per heavy atom. The summed E-state index contributed by atoms with van der Waals surface area (Å²) in [5.41, 5.74) is 11.7. The summed E-state index contributed by atoms with van der Waals surface area (Å²) in [5.74, 6) is 0.618. The van der Waals surface area contributed by atoms with Crippen molar-refractivity contribution >= 4 is 17.1 Å². The highest BCUT2D eigenvalue weighted by atomic mass is 15.2. The summed E-state index contributed by atoms with van der Waals surface area (Å²) in [4.78, 5) is 21.5. The molecule has 9 rings (SSSR count). The average molecular weight is 642 g/mol. The van der Waals surface area contributed by atoms with Gasteiger partial charge in [-0.2, -0.15) is 0 Å². The van der Waals surface area contributed by atoms with E-state index in [9.17, 15) is 0 Å². The summed E-state index contributed by atoms with van der Waals surface area (Å²) in [7, 11) is 0. The first-order valence-corrected chi connectivity index (χ1v) is 16.7. The maximum absolute atomic E-state index is 4.98. The number of hydrogen-bond donors (Lipinski definition) is 0. The van der Waals surface area contributed by atoms with Crippen LogP contribution in [0.4, 0.5) is 17.1 Å². The molecule has 4 heterocycles. The normalized spacial score (nSPS) is 12.9. The predicted octanol–water partition coefficient (Wildman–Crippen LogP) is 10.4. The molecule has 3 aromatic heterocycles. The second kappa shape index (κ2) is 12.4. The third-order valence-corrected chi connectivity index (χ3v) is 9.48. The van der Waals surface area contributed by atoms with Gasteiger partial charge in [0.05, 0.1) is 39.6 Å². The van der Waals surface area contributed by atoms with E-state index in [2.05, 4.69) is 148 Å². The number of para-hydroxylation sites is 2. The number of benzene rings is 5. The van der Waals surface area contributed by atoms with Gasteiger partial charge < -0.3 is 4.90 Å². The zero-order chi connectivity index (χ0) is 33.3. The molecule has 236 valence electrons. The Bertz CT molecular complexity index is 2270. The molecule has 5 nitrogen and oxygen atoms in total. The van der Waals surface area contributed by atoms with Crippen molar-refractivity contribution in [2.45, 2.75) is 5.41 Å². The van der Waals surface area contributed by atoms with E-state index in [-0.39, 0.29) is 0 Å². The van der Waals surface area contributed by atoms with E-state index >= 15 is 0 Å². The highest BCUT2D eigenvalue weighted by molar-refractivity contribution is 5.89.